The second-order valence-electron chi connectivity index (χ2n) is 5.15. The molecule has 10 heteroatoms. The van der Waals surface area contributed by atoms with Gasteiger partial charge in [-0.25, -0.2) is 13.2 Å². The quantitative estimate of drug-likeness (QED) is 0.696. The molecule has 0 radical (unpaired) electrons. The first-order valence-corrected chi connectivity index (χ1v) is 9.00. The Kier molecular flexibility index (Phi) is 6.01. The Hall–Kier alpha value is -3.14. The van der Waals surface area contributed by atoms with Gasteiger partial charge in [0.15, 0.2) is 11.5 Å². The van der Waals surface area contributed by atoms with Gasteiger partial charge in [0.25, 0.3) is 10.0 Å². The first-order chi connectivity index (χ1) is 12.8. The Morgan fingerprint density at radius 2 is 1.52 bits per heavy atom. The molecule has 0 aliphatic carbocycles. The van der Waals surface area contributed by atoms with Crippen LogP contribution in [-0.4, -0.2) is 47.9 Å². The third-order valence-electron chi connectivity index (χ3n) is 3.67. The molecule has 0 atom stereocenters. The molecule has 0 fully saturated rings. The van der Waals surface area contributed by atoms with Gasteiger partial charge in [-0.05, 0) is 24.3 Å². The Morgan fingerprint density at radius 1 is 0.926 bits per heavy atom. The fourth-order valence-corrected chi connectivity index (χ4v) is 3.46. The van der Waals surface area contributed by atoms with Crippen LogP contribution in [0.15, 0.2) is 35.2 Å². The maximum absolute atomic E-state index is 12.7. The van der Waals surface area contributed by atoms with Crippen molar-refractivity contribution >= 4 is 21.7 Å². The number of anilines is 1. The fourth-order valence-electron chi connectivity index (χ4n) is 2.37. The molecule has 0 bridgehead atoms. The number of carboxylic acids is 1. The zero-order valence-corrected chi connectivity index (χ0v) is 15.9. The zero-order valence-electron chi connectivity index (χ0n) is 15.1. The van der Waals surface area contributed by atoms with E-state index < -0.39 is 16.0 Å². The summed E-state index contributed by atoms with van der Waals surface area (Å²) in [6, 6.07) is 6.75. The van der Waals surface area contributed by atoms with Gasteiger partial charge in [0, 0.05) is 6.07 Å². The molecule has 0 heterocycles. The Morgan fingerprint density at radius 3 is 1.96 bits per heavy atom. The van der Waals surface area contributed by atoms with Crippen LogP contribution in [0.5, 0.6) is 23.0 Å². The van der Waals surface area contributed by atoms with Crippen molar-refractivity contribution in [2.45, 2.75) is 4.90 Å². The number of carboxylic acid groups (broad SMARTS) is 1. The maximum atomic E-state index is 12.7. The normalized spacial score (nSPS) is 10.8. The highest BCUT2D eigenvalue weighted by Gasteiger charge is 2.27. The van der Waals surface area contributed by atoms with E-state index in [1.807, 2.05) is 0 Å². The first-order valence-electron chi connectivity index (χ1n) is 7.52. The molecular formula is C17H19NO8S. The molecule has 2 aromatic rings. The van der Waals surface area contributed by atoms with Crippen LogP contribution in [0, 0.1) is 0 Å². The Bertz CT molecular complexity index is 938. The van der Waals surface area contributed by atoms with Gasteiger partial charge in [-0.1, -0.05) is 0 Å². The Labute approximate surface area is 156 Å². The maximum Gasteiger partial charge on any atom is 0.338 e. The lowest BCUT2D eigenvalue weighted by Gasteiger charge is -2.19. The summed E-state index contributed by atoms with van der Waals surface area (Å²) in [6.45, 7) is 0. The second kappa shape index (κ2) is 8.04. The number of hydrogen-bond acceptors (Lipinski definition) is 7. The minimum atomic E-state index is -4.12. The van der Waals surface area contributed by atoms with Crippen LogP contribution in [-0.2, 0) is 10.0 Å². The average molecular weight is 397 g/mol. The summed E-state index contributed by atoms with van der Waals surface area (Å²) in [4.78, 5) is 11.6. The van der Waals surface area contributed by atoms with Gasteiger partial charge in [0.2, 0.25) is 5.75 Å². The third-order valence-corrected chi connectivity index (χ3v) is 5.03. The number of aromatic carboxylic acids is 1. The van der Waals surface area contributed by atoms with Crippen LogP contribution < -0.4 is 23.7 Å². The minimum absolute atomic E-state index is 0.0532. The molecular weight excluding hydrogens is 378 g/mol. The standard InChI is InChI=1S/C17H19NO8S/c1-23-10-5-7-11(8-6-10)27(21,22)18-14-12(17(19)20)9-13(24-2)15(25-3)16(14)26-4/h5-9,18H,1-4H3,(H,19,20). The summed E-state index contributed by atoms with van der Waals surface area (Å²) >= 11 is 0. The minimum Gasteiger partial charge on any atom is -0.497 e. The predicted molar refractivity (Wildman–Crippen MR) is 96.9 cm³/mol. The summed E-state index contributed by atoms with van der Waals surface area (Å²) < 4.78 is 48.2. The molecule has 0 saturated heterocycles. The molecule has 146 valence electrons. The number of carbonyl (C=O) groups is 1. The largest absolute Gasteiger partial charge is 0.497 e. The second-order valence-corrected chi connectivity index (χ2v) is 6.84. The van der Waals surface area contributed by atoms with E-state index in [1.165, 1.54) is 52.7 Å². The van der Waals surface area contributed by atoms with E-state index >= 15 is 0 Å². The lowest BCUT2D eigenvalue weighted by atomic mass is 10.1. The van der Waals surface area contributed by atoms with Crippen LogP contribution in [0.3, 0.4) is 0 Å². The molecule has 2 N–H and O–H groups in total. The number of ether oxygens (including phenoxy) is 4. The van der Waals surface area contributed by atoms with E-state index in [9.17, 15) is 18.3 Å². The first kappa shape index (κ1) is 20.2. The average Bonchev–Trinajstić information content (AvgIpc) is 2.66. The number of sulfonamides is 1. The summed E-state index contributed by atoms with van der Waals surface area (Å²) in [5, 5.41) is 9.50. The lowest BCUT2D eigenvalue weighted by Crippen LogP contribution is -2.17. The van der Waals surface area contributed by atoms with Gasteiger partial charge < -0.3 is 24.1 Å². The molecule has 2 aromatic carbocycles. The molecule has 2 rings (SSSR count). The van der Waals surface area contributed by atoms with Crippen molar-refractivity contribution in [3.05, 3.63) is 35.9 Å². The molecule has 0 saturated carbocycles. The molecule has 0 spiro atoms. The topological polar surface area (TPSA) is 120 Å². The van der Waals surface area contributed by atoms with E-state index in [4.69, 9.17) is 18.9 Å². The fraction of sp³-hybridized carbons (Fsp3) is 0.235. The predicted octanol–water partition coefficient (Wildman–Crippen LogP) is 2.22. The van der Waals surface area contributed by atoms with E-state index in [0.29, 0.717) is 5.75 Å². The number of nitrogens with one attached hydrogen (secondary N) is 1. The number of rotatable bonds is 8. The van der Waals surface area contributed by atoms with Crippen molar-refractivity contribution in [2.75, 3.05) is 33.2 Å². The smallest absolute Gasteiger partial charge is 0.338 e. The van der Waals surface area contributed by atoms with Crippen LogP contribution in [0.25, 0.3) is 0 Å². The van der Waals surface area contributed by atoms with Crippen LogP contribution in [0.1, 0.15) is 10.4 Å². The van der Waals surface area contributed by atoms with Crippen LogP contribution >= 0.6 is 0 Å². The van der Waals surface area contributed by atoms with E-state index in [-0.39, 0.29) is 33.4 Å². The molecule has 0 aliphatic rings. The molecule has 0 amide bonds. The summed E-state index contributed by atoms with van der Waals surface area (Å²) in [5.74, 6) is -0.881. The van der Waals surface area contributed by atoms with Gasteiger partial charge in [-0.3, -0.25) is 4.72 Å². The van der Waals surface area contributed by atoms with Gasteiger partial charge >= 0.3 is 5.97 Å². The van der Waals surface area contributed by atoms with Crippen molar-refractivity contribution < 1.29 is 37.3 Å². The number of benzene rings is 2. The van der Waals surface area contributed by atoms with E-state index in [2.05, 4.69) is 4.72 Å². The zero-order chi connectivity index (χ0) is 20.2. The summed E-state index contributed by atoms with van der Waals surface area (Å²) in [6.07, 6.45) is 0. The monoisotopic (exact) mass is 397 g/mol. The van der Waals surface area contributed by atoms with Crippen LogP contribution in [0.4, 0.5) is 5.69 Å². The van der Waals surface area contributed by atoms with Crippen molar-refractivity contribution in [1.29, 1.82) is 0 Å². The SMILES string of the molecule is COc1ccc(S(=O)(=O)Nc2c(C(=O)O)cc(OC)c(OC)c2OC)cc1. The van der Waals surface area contributed by atoms with E-state index in [0.717, 1.165) is 6.07 Å². The molecule has 0 aromatic heterocycles. The van der Waals surface area contributed by atoms with Gasteiger partial charge in [0.1, 0.15) is 11.4 Å². The van der Waals surface area contributed by atoms with Crippen LogP contribution in [0.2, 0.25) is 0 Å². The number of methoxy groups -OCH3 is 4. The lowest BCUT2D eigenvalue weighted by molar-refractivity contribution is 0.0697. The van der Waals surface area contributed by atoms with Gasteiger partial charge in [-0.15, -0.1) is 0 Å². The number of hydrogen-bond donors (Lipinski definition) is 2. The summed E-state index contributed by atoms with van der Waals surface area (Å²) in [5.41, 5.74) is -0.639. The highest BCUT2D eigenvalue weighted by molar-refractivity contribution is 7.92. The Balaban J connectivity index is 2.63. The third kappa shape index (κ3) is 4.00. The van der Waals surface area contributed by atoms with E-state index in [1.54, 1.807) is 0 Å². The molecule has 27 heavy (non-hydrogen) atoms. The van der Waals surface area contributed by atoms with Crippen molar-refractivity contribution in [1.82, 2.24) is 0 Å². The van der Waals surface area contributed by atoms with Crippen molar-refractivity contribution in [2.24, 2.45) is 0 Å². The van der Waals surface area contributed by atoms with Gasteiger partial charge in [0.05, 0.1) is 38.9 Å². The molecule has 0 unspecified atom stereocenters. The highest BCUT2D eigenvalue weighted by Crippen LogP contribution is 2.45. The van der Waals surface area contributed by atoms with Crippen molar-refractivity contribution in [3.63, 3.8) is 0 Å². The molecule has 9 nitrogen and oxygen atoms in total. The highest BCUT2D eigenvalue weighted by atomic mass is 32.2. The van der Waals surface area contributed by atoms with Gasteiger partial charge in [-0.2, -0.15) is 0 Å². The summed E-state index contributed by atoms with van der Waals surface area (Å²) in [7, 11) is 1.24. The molecule has 0 aliphatic heterocycles. The van der Waals surface area contributed by atoms with Crippen molar-refractivity contribution in [3.8, 4) is 23.0 Å².